The minimum Gasteiger partial charge on any atom is -0.329 e. The molecule has 1 atom stereocenters. The molecule has 1 rings (SSSR count). The van der Waals surface area contributed by atoms with E-state index >= 15 is 0 Å². The third kappa shape index (κ3) is 1.64. The van der Waals surface area contributed by atoms with E-state index in [9.17, 15) is 0 Å². The van der Waals surface area contributed by atoms with Crippen molar-refractivity contribution < 1.29 is 0 Å². The van der Waals surface area contributed by atoms with Gasteiger partial charge in [0.15, 0.2) is 0 Å². The molecule has 0 spiro atoms. The molecule has 1 aliphatic rings. The smallest absolute Gasteiger partial charge is 0.0309 e. The Balaban J connectivity index is 2.77. The largest absolute Gasteiger partial charge is 0.329 e. The van der Waals surface area contributed by atoms with Crippen LogP contribution in [-0.4, -0.2) is 29.1 Å². The molecule has 2 heteroatoms. The maximum absolute atomic E-state index is 5.81. The maximum atomic E-state index is 5.81. The van der Waals surface area contributed by atoms with E-state index in [1.54, 1.807) is 0 Å². The quantitative estimate of drug-likeness (QED) is 0.647. The van der Waals surface area contributed by atoms with Gasteiger partial charge in [0.05, 0.1) is 0 Å². The molecule has 12 heavy (non-hydrogen) atoms. The van der Waals surface area contributed by atoms with Crippen LogP contribution in [-0.2, 0) is 0 Å². The summed E-state index contributed by atoms with van der Waals surface area (Å²) in [5.74, 6) is 0. The molecule has 1 fully saturated rings. The Kier molecular flexibility index (Phi) is 2.50. The van der Waals surface area contributed by atoms with Crippen molar-refractivity contribution in [1.82, 2.24) is 4.90 Å². The van der Waals surface area contributed by atoms with Gasteiger partial charge in [0, 0.05) is 17.6 Å². The van der Waals surface area contributed by atoms with E-state index in [4.69, 9.17) is 5.73 Å². The number of rotatable bonds is 1. The summed E-state index contributed by atoms with van der Waals surface area (Å²) in [4.78, 5) is 2.54. The van der Waals surface area contributed by atoms with Crippen molar-refractivity contribution in [1.29, 1.82) is 0 Å². The molecule has 2 N–H and O–H groups in total. The van der Waals surface area contributed by atoms with Crippen molar-refractivity contribution in [2.45, 2.75) is 51.6 Å². The summed E-state index contributed by atoms with van der Waals surface area (Å²) in [7, 11) is 0. The second-order valence-corrected chi connectivity index (χ2v) is 5.13. The van der Waals surface area contributed by atoms with Crippen molar-refractivity contribution in [3.63, 3.8) is 0 Å². The van der Waals surface area contributed by atoms with E-state index in [1.165, 1.54) is 19.4 Å². The van der Waals surface area contributed by atoms with Gasteiger partial charge in [0.1, 0.15) is 0 Å². The first-order chi connectivity index (χ1) is 5.40. The summed E-state index contributed by atoms with van der Waals surface area (Å²) in [6.45, 7) is 11.1. The molecule has 2 nitrogen and oxygen atoms in total. The van der Waals surface area contributed by atoms with E-state index in [0.717, 1.165) is 6.54 Å². The van der Waals surface area contributed by atoms with Crippen LogP contribution in [0, 0.1) is 0 Å². The molecule has 0 aromatic rings. The van der Waals surface area contributed by atoms with Gasteiger partial charge in [0.2, 0.25) is 0 Å². The third-order valence-corrected chi connectivity index (χ3v) is 3.00. The average Bonchev–Trinajstić information content (AvgIpc) is 2.31. The number of nitrogens with two attached hydrogens (primary N) is 1. The lowest BCUT2D eigenvalue weighted by molar-refractivity contribution is 0.0612. The normalized spacial score (nSPS) is 32.8. The summed E-state index contributed by atoms with van der Waals surface area (Å²) >= 11 is 0. The molecule has 0 radical (unpaired) electrons. The Morgan fingerprint density at radius 1 is 1.42 bits per heavy atom. The summed E-state index contributed by atoms with van der Waals surface area (Å²) in [6.07, 6.45) is 2.55. The van der Waals surface area contributed by atoms with Crippen LogP contribution in [0.4, 0.5) is 0 Å². The fourth-order valence-electron chi connectivity index (χ4n) is 2.38. The Hall–Kier alpha value is -0.0800. The Morgan fingerprint density at radius 2 is 2.00 bits per heavy atom. The van der Waals surface area contributed by atoms with Gasteiger partial charge in [-0.2, -0.15) is 0 Å². The van der Waals surface area contributed by atoms with Crippen LogP contribution in [0.1, 0.15) is 40.5 Å². The van der Waals surface area contributed by atoms with Crippen LogP contribution in [0.3, 0.4) is 0 Å². The van der Waals surface area contributed by atoms with E-state index in [1.807, 2.05) is 0 Å². The zero-order valence-corrected chi connectivity index (χ0v) is 8.85. The van der Waals surface area contributed by atoms with E-state index in [0.29, 0.717) is 0 Å². The zero-order chi connectivity index (χ0) is 9.41. The van der Waals surface area contributed by atoms with Crippen LogP contribution in [0.2, 0.25) is 0 Å². The van der Waals surface area contributed by atoms with Gasteiger partial charge in [-0.3, -0.25) is 4.90 Å². The van der Waals surface area contributed by atoms with Crippen LogP contribution in [0.25, 0.3) is 0 Å². The van der Waals surface area contributed by atoms with Gasteiger partial charge in [-0.15, -0.1) is 0 Å². The minimum atomic E-state index is 0.248. The molecule has 1 heterocycles. The molecular weight excluding hydrogens is 148 g/mol. The lowest BCUT2D eigenvalue weighted by Gasteiger charge is -2.43. The topological polar surface area (TPSA) is 29.3 Å². The maximum Gasteiger partial charge on any atom is 0.0309 e. The van der Waals surface area contributed by atoms with Crippen molar-refractivity contribution in [2.75, 3.05) is 13.1 Å². The van der Waals surface area contributed by atoms with Crippen molar-refractivity contribution in [3.05, 3.63) is 0 Å². The van der Waals surface area contributed by atoms with E-state index in [2.05, 4.69) is 32.6 Å². The number of hydrogen-bond acceptors (Lipinski definition) is 2. The first kappa shape index (κ1) is 10.0. The molecule has 0 aliphatic carbocycles. The zero-order valence-electron chi connectivity index (χ0n) is 8.85. The standard InChI is InChI=1S/C10H22N2/c1-9(2,3)12-7-5-6-10(12,4)8-11/h5-8,11H2,1-4H3. The summed E-state index contributed by atoms with van der Waals surface area (Å²) < 4.78 is 0. The molecule has 0 saturated carbocycles. The monoisotopic (exact) mass is 170 g/mol. The van der Waals surface area contributed by atoms with E-state index < -0.39 is 0 Å². The molecule has 0 bridgehead atoms. The summed E-state index contributed by atoms with van der Waals surface area (Å²) in [5.41, 5.74) is 6.33. The van der Waals surface area contributed by atoms with Gasteiger partial charge in [-0.1, -0.05) is 0 Å². The Morgan fingerprint density at radius 3 is 2.33 bits per heavy atom. The SMILES string of the molecule is CC(C)(C)N1CCCC1(C)CN. The van der Waals surface area contributed by atoms with Gasteiger partial charge < -0.3 is 5.73 Å². The minimum absolute atomic E-state index is 0.248. The summed E-state index contributed by atoms with van der Waals surface area (Å²) in [6, 6.07) is 0. The lowest BCUT2D eigenvalue weighted by atomic mass is 9.94. The number of nitrogens with zero attached hydrogens (tertiary/aromatic N) is 1. The van der Waals surface area contributed by atoms with Crippen molar-refractivity contribution in [2.24, 2.45) is 5.73 Å². The van der Waals surface area contributed by atoms with Gasteiger partial charge in [-0.25, -0.2) is 0 Å². The molecule has 1 saturated heterocycles. The van der Waals surface area contributed by atoms with E-state index in [-0.39, 0.29) is 11.1 Å². The predicted molar refractivity (Wildman–Crippen MR) is 53.2 cm³/mol. The Bertz CT molecular complexity index is 160. The highest BCUT2D eigenvalue weighted by Gasteiger charge is 2.40. The highest BCUT2D eigenvalue weighted by molar-refractivity contribution is 4.98. The van der Waals surface area contributed by atoms with Crippen LogP contribution < -0.4 is 5.73 Å². The first-order valence-electron chi connectivity index (χ1n) is 4.88. The highest BCUT2D eigenvalue weighted by atomic mass is 15.3. The molecule has 0 aromatic heterocycles. The molecule has 0 aromatic carbocycles. The third-order valence-electron chi connectivity index (χ3n) is 3.00. The molecule has 1 unspecified atom stereocenters. The van der Waals surface area contributed by atoms with Gasteiger partial charge in [-0.05, 0) is 47.1 Å². The Labute approximate surface area is 76.1 Å². The van der Waals surface area contributed by atoms with Crippen LogP contribution >= 0.6 is 0 Å². The number of likely N-dealkylation sites (tertiary alicyclic amines) is 1. The average molecular weight is 170 g/mol. The first-order valence-corrected chi connectivity index (χ1v) is 4.88. The lowest BCUT2D eigenvalue weighted by Crippen LogP contribution is -2.55. The van der Waals surface area contributed by atoms with Crippen LogP contribution in [0.5, 0.6) is 0 Å². The fourth-order valence-corrected chi connectivity index (χ4v) is 2.38. The van der Waals surface area contributed by atoms with Crippen molar-refractivity contribution in [3.8, 4) is 0 Å². The van der Waals surface area contributed by atoms with Gasteiger partial charge in [0.25, 0.3) is 0 Å². The predicted octanol–water partition coefficient (Wildman–Crippen LogP) is 1.60. The second kappa shape index (κ2) is 3.00. The molecule has 72 valence electrons. The summed E-state index contributed by atoms with van der Waals surface area (Å²) in [5, 5.41) is 0. The van der Waals surface area contributed by atoms with Crippen LogP contribution in [0.15, 0.2) is 0 Å². The fraction of sp³-hybridized carbons (Fsp3) is 1.00. The molecule has 0 amide bonds. The highest BCUT2D eigenvalue weighted by Crippen LogP contribution is 2.34. The molecule has 1 aliphatic heterocycles. The number of hydrogen-bond donors (Lipinski definition) is 1. The van der Waals surface area contributed by atoms with Crippen molar-refractivity contribution >= 4 is 0 Å². The second-order valence-electron chi connectivity index (χ2n) is 5.13. The van der Waals surface area contributed by atoms with Gasteiger partial charge >= 0.3 is 0 Å². The molecular formula is C10H22N2.